The predicted octanol–water partition coefficient (Wildman–Crippen LogP) is 2.11. The molecule has 0 spiro atoms. The molecule has 0 aromatic rings. The number of likely N-dealkylation sites (tertiary alicyclic amines) is 1. The Morgan fingerprint density at radius 3 is 2.27 bits per heavy atom. The summed E-state index contributed by atoms with van der Waals surface area (Å²) in [6.07, 6.45) is 7.22. The summed E-state index contributed by atoms with van der Waals surface area (Å²) >= 11 is 0. The van der Waals surface area contributed by atoms with Crippen LogP contribution in [-0.2, 0) is 0 Å². The fourth-order valence-corrected chi connectivity index (χ4v) is 2.94. The van der Waals surface area contributed by atoms with Crippen LogP contribution in [0.1, 0.15) is 39.0 Å². The van der Waals surface area contributed by atoms with E-state index in [0.717, 1.165) is 11.8 Å². The number of hydrogen-bond donors (Lipinski definition) is 1. The van der Waals surface area contributed by atoms with Gasteiger partial charge in [-0.15, -0.1) is 0 Å². The highest BCUT2D eigenvalue weighted by Gasteiger charge is 2.24. The lowest BCUT2D eigenvalue weighted by Crippen LogP contribution is -2.34. The first kappa shape index (κ1) is 11.4. The van der Waals surface area contributed by atoms with Gasteiger partial charge in [-0.1, -0.05) is 26.2 Å². The highest BCUT2D eigenvalue weighted by Crippen LogP contribution is 2.19. The summed E-state index contributed by atoms with van der Waals surface area (Å²) in [7, 11) is 0. The molecule has 2 unspecified atom stereocenters. The minimum absolute atomic E-state index is 0.885. The van der Waals surface area contributed by atoms with Gasteiger partial charge in [0.25, 0.3) is 0 Å². The third-order valence-corrected chi connectivity index (χ3v) is 4.12. The van der Waals surface area contributed by atoms with Crippen LogP contribution in [0.4, 0.5) is 0 Å². The Balaban J connectivity index is 1.75. The Hall–Kier alpha value is -0.0800. The van der Waals surface area contributed by atoms with Crippen molar-refractivity contribution in [1.29, 1.82) is 0 Å². The summed E-state index contributed by atoms with van der Waals surface area (Å²) in [5.41, 5.74) is 0. The molecular formula is C13H26N2. The third kappa shape index (κ3) is 3.46. The molecule has 2 atom stereocenters. The smallest absolute Gasteiger partial charge is 0.00248 e. The lowest BCUT2D eigenvalue weighted by Gasteiger charge is -2.28. The molecule has 0 radical (unpaired) electrons. The van der Waals surface area contributed by atoms with E-state index in [2.05, 4.69) is 17.1 Å². The maximum atomic E-state index is 3.51. The van der Waals surface area contributed by atoms with Gasteiger partial charge in [-0.2, -0.15) is 0 Å². The van der Waals surface area contributed by atoms with Gasteiger partial charge in [0, 0.05) is 6.54 Å². The van der Waals surface area contributed by atoms with Crippen molar-refractivity contribution in [3.63, 3.8) is 0 Å². The van der Waals surface area contributed by atoms with E-state index in [0.29, 0.717) is 0 Å². The summed E-state index contributed by atoms with van der Waals surface area (Å²) < 4.78 is 0. The van der Waals surface area contributed by atoms with Crippen LogP contribution in [-0.4, -0.2) is 37.6 Å². The average molecular weight is 210 g/mol. The molecule has 0 aromatic heterocycles. The fraction of sp³-hybridized carbons (Fsp3) is 1.00. The number of nitrogens with one attached hydrogen (secondary N) is 1. The van der Waals surface area contributed by atoms with Crippen molar-refractivity contribution in [2.75, 3.05) is 32.7 Å². The summed E-state index contributed by atoms with van der Waals surface area (Å²) in [6, 6.07) is 0. The molecule has 0 bridgehead atoms. The van der Waals surface area contributed by atoms with E-state index in [1.54, 1.807) is 0 Å². The Morgan fingerprint density at radius 1 is 1.00 bits per heavy atom. The largest absolute Gasteiger partial charge is 0.316 e. The molecular weight excluding hydrogens is 184 g/mol. The molecule has 2 aliphatic rings. The van der Waals surface area contributed by atoms with E-state index in [-0.39, 0.29) is 0 Å². The number of hydrogen-bond acceptors (Lipinski definition) is 2. The molecule has 0 aliphatic carbocycles. The Labute approximate surface area is 94.4 Å². The first-order chi connectivity index (χ1) is 7.36. The second kappa shape index (κ2) is 5.86. The van der Waals surface area contributed by atoms with Crippen LogP contribution in [0.2, 0.25) is 0 Å². The van der Waals surface area contributed by atoms with E-state index in [1.165, 1.54) is 64.8 Å². The second-order valence-corrected chi connectivity index (χ2v) is 5.46. The van der Waals surface area contributed by atoms with Gasteiger partial charge in [-0.25, -0.2) is 0 Å². The van der Waals surface area contributed by atoms with Gasteiger partial charge in [0.2, 0.25) is 0 Å². The molecule has 0 amide bonds. The van der Waals surface area contributed by atoms with Gasteiger partial charge in [0.05, 0.1) is 0 Å². The lowest BCUT2D eigenvalue weighted by atomic mass is 9.97. The summed E-state index contributed by atoms with van der Waals surface area (Å²) in [5, 5.41) is 3.51. The van der Waals surface area contributed by atoms with Gasteiger partial charge in [-0.05, 0) is 50.9 Å². The maximum Gasteiger partial charge on any atom is 0.00248 e. The Bertz CT molecular complexity index is 173. The summed E-state index contributed by atoms with van der Waals surface area (Å²) in [5.74, 6) is 1.79. The molecule has 1 N–H and O–H groups in total. The van der Waals surface area contributed by atoms with Crippen LogP contribution in [0.25, 0.3) is 0 Å². The molecule has 2 fully saturated rings. The molecule has 2 aliphatic heterocycles. The van der Waals surface area contributed by atoms with Crippen LogP contribution in [0.15, 0.2) is 0 Å². The standard InChI is InChI=1S/C13H26N2/c1-12-9-14-10-13(12)11-15-7-5-3-2-4-6-8-15/h12-14H,2-11H2,1H3. The number of rotatable bonds is 2. The van der Waals surface area contributed by atoms with Gasteiger partial charge in [-0.3, -0.25) is 0 Å². The predicted molar refractivity (Wildman–Crippen MR) is 65.0 cm³/mol. The summed E-state index contributed by atoms with van der Waals surface area (Å²) in [4.78, 5) is 2.72. The van der Waals surface area contributed by atoms with E-state index in [9.17, 15) is 0 Å². The van der Waals surface area contributed by atoms with Crippen LogP contribution in [0, 0.1) is 11.8 Å². The van der Waals surface area contributed by atoms with Crippen LogP contribution < -0.4 is 5.32 Å². The SMILES string of the molecule is CC1CNCC1CN1CCCCCCC1. The van der Waals surface area contributed by atoms with E-state index < -0.39 is 0 Å². The first-order valence-electron chi connectivity index (χ1n) is 6.79. The van der Waals surface area contributed by atoms with Crippen LogP contribution in [0.5, 0.6) is 0 Å². The van der Waals surface area contributed by atoms with Gasteiger partial charge < -0.3 is 10.2 Å². The monoisotopic (exact) mass is 210 g/mol. The molecule has 15 heavy (non-hydrogen) atoms. The van der Waals surface area contributed by atoms with Gasteiger partial charge in [0.1, 0.15) is 0 Å². The molecule has 2 nitrogen and oxygen atoms in total. The first-order valence-corrected chi connectivity index (χ1v) is 6.79. The van der Waals surface area contributed by atoms with Gasteiger partial charge in [0.15, 0.2) is 0 Å². The van der Waals surface area contributed by atoms with E-state index in [1.807, 2.05) is 0 Å². The van der Waals surface area contributed by atoms with Crippen molar-refractivity contribution in [2.45, 2.75) is 39.0 Å². The lowest BCUT2D eigenvalue weighted by molar-refractivity contribution is 0.201. The zero-order valence-corrected chi connectivity index (χ0v) is 10.2. The zero-order chi connectivity index (χ0) is 10.5. The molecule has 0 aromatic carbocycles. The van der Waals surface area contributed by atoms with Gasteiger partial charge >= 0.3 is 0 Å². The van der Waals surface area contributed by atoms with Crippen LogP contribution in [0.3, 0.4) is 0 Å². The minimum atomic E-state index is 0.885. The molecule has 2 heterocycles. The van der Waals surface area contributed by atoms with E-state index in [4.69, 9.17) is 0 Å². The van der Waals surface area contributed by atoms with E-state index >= 15 is 0 Å². The molecule has 2 saturated heterocycles. The topological polar surface area (TPSA) is 15.3 Å². The molecule has 2 rings (SSSR count). The summed E-state index contributed by atoms with van der Waals surface area (Å²) in [6.45, 7) is 8.92. The normalized spacial score (nSPS) is 35.0. The maximum absolute atomic E-state index is 3.51. The Morgan fingerprint density at radius 2 is 1.67 bits per heavy atom. The fourth-order valence-electron chi connectivity index (χ4n) is 2.94. The molecule has 2 heteroatoms. The van der Waals surface area contributed by atoms with Crippen molar-refractivity contribution >= 4 is 0 Å². The van der Waals surface area contributed by atoms with Crippen molar-refractivity contribution in [2.24, 2.45) is 11.8 Å². The quantitative estimate of drug-likeness (QED) is 0.751. The van der Waals surface area contributed by atoms with Crippen molar-refractivity contribution in [1.82, 2.24) is 10.2 Å². The van der Waals surface area contributed by atoms with Crippen molar-refractivity contribution in [3.05, 3.63) is 0 Å². The van der Waals surface area contributed by atoms with Crippen LogP contribution >= 0.6 is 0 Å². The minimum Gasteiger partial charge on any atom is -0.316 e. The molecule has 88 valence electrons. The average Bonchev–Trinajstić information content (AvgIpc) is 2.56. The Kier molecular flexibility index (Phi) is 4.45. The van der Waals surface area contributed by atoms with Crippen molar-refractivity contribution < 1.29 is 0 Å². The highest BCUT2D eigenvalue weighted by molar-refractivity contribution is 4.81. The number of nitrogens with zero attached hydrogens (tertiary/aromatic N) is 1. The molecule has 0 saturated carbocycles. The second-order valence-electron chi connectivity index (χ2n) is 5.46. The van der Waals surface area contributed by atoms with Crippen molar-refractivity contribution in [3.8, 4) is 0 Å². The highest BCUT2D eigenvalue weighted by atomic mass is 15.1. The zero-order valence-electron chi connectivity index (χ0n) is 10.2. The third-order valence-electron chi connectivity index (χ3n) is 4.12.